The van der Waals surface area contributed by atoms with Gasteiger partial charge >= 0.3 is 7.60 Å². The van der Waals surface area contributed by atoms with E-state index in [1.54, 1.807) is 14.2 Å². The second-order valence-electron chi connectivity index (χ2n) is 6.50. The molecule has 0 amide bonds. The predicted molar refractivity (Wildman–Crippen MR) is 99.1 cm³/mol. The third-order valence-electron chi connectivity index (χ3n) is 4.88. The smallest absolute Gasteiger partial charge is 0.325 e. The molecule has 1 saturated heterocycles. The normalized spacial score (nSPS) is 16.1. The Hall–Kier alpha value is -1.89. The molecule has 1 fully saturated rings. The van der Waals surface area contributed by atoms with Crippen molar-refractivity contribution in [3.8, 4) is 11.5 Å². The first-order chi connectivity index (χ1) is 12.4. The highest BCUT2D eigenvalue weighted by atomic mass is 31.2. The van der Waals surface area contributed by atoms with E-state index in [-0.39, 0.29) is 6.16 Å². The molecule has 2 N–H and O–H groups in total. The summed E-state index contributed by atoms with van der Waals surface area (Å²) in [5, 5.41) is 0.822. The minimum absolute atomic E-state index is 0.0425. The Morgan fingerprint density at radius 3 is 2.42 bits per heavy atom. The molecule has 0 aliphatic carbocycles. The Labute approximate surface area is 152 Å². The lowest BCUT2D eigenvalue weighted by Crippen LogP contribution is -2.34. The molecular weight excluding hydrogens is 357 g/mol. The van der Waals surface area contributed by atoms with Crippen LogP contribution in [0.15, 0.2) is 18.5 Å². The lowest BCUT2D eigenvalue weighted by Gasteiger charge is -2.33. The number of nitrogens with zero attached hydrogens (tertiary/aromatic N) is 3. The van der Waals surface area contributed by atoms with Crippen molar-refractivity contribution in [2.75, 3.05) is 38.4 Å². The lowest BCUT2D eigenvalue weighted by molar-refractivity contribution is 0.350. The molecule has 26 heavy (non-hydrogen) atoms. The number of hydrogen-bond donors (Lipinski definition) is 2. The average Bonchev–Trinajstić information content (AvgIpc) is 2.65. The van der Waals surface area contributed by atoms with E-state index in [9.17, 15) is 4.57 Å². The van der Waals surface area contributed by atoms with E-state index in [2.05, 4.69) is 14.9 Å². The Morgan fingerprint density at radius 1 is 1.15 bits per heavy atom. The molecule has 1 aromatic heterocycles. The first-order valence-corrected chi connectivity index (χ1v) is 10.4. The Morgan fingerprint density at radius 2 is 1.81 bits per heavy atom. The van der Waals surface area contributed by atoms with E-state index >= 15 is 0 Å². The van der Waals surface area contributed by atoms with Crippen LogP contribution in [0.25, 0.3) is 10.9 Å². The van der Waals surface area contributed by atoms with Crippen LogP contribution in [0.4, 0.5) is 5.82 Å². The van der Waals surface area contributed by atoms with Gasteiger partial charge < -0.3 is 24.2 Å². The zero-order valence-corrected chi connectivity index (χ0v) is 15.9. The van der Waals surface area contributed by atoms with Gasteiger partial charge in [-0.05, 0) is 37.3 Å². The summed E-state index contributed by atoms with van der Waals surface area (Å²) in [6.45, 7) is 1.55. The highest BCUT2D eigenvalue weighted by molar-refractivity contribution is 7.51. The SMILES string of the molecule is COc1ccc(OC)c2c(N3CCC(CCP(=O)(O)O)CC3)ncnc12. The summed E-state index contributed by atoms with van der Waals surface area (Å²) in [5.41, 5.74) is 0.709. The van der Waals surface area contributed by atoms with Crippen LogP contribution in [0.2, 0.25) is 0 Å². The Balaban J connectivity index is 1.82. The second-order valence-corrected chi connectivity index (χ2v) is 8.27. The van der Waals surface area contributed by atoms with E-state index < -0.39 is 7.60 Å². The minimum Gasteiger partial charge on any atom is -0.496 e. The molecule has 8 nitrogen and oxygen atoms in total. The monoisotopic (exact) mass is 381 g/mol. The van der Waals surface area contributed by atoms with Crippen molar-refractivity contribution >= 4 is 24.3 Å². The van der Waals surface area contributed by atoms with Crippen LogP contribution in [0.5, 0.6) is 11.5 Å². The number of methoxy groups -OCH3 is 2. The number of aromatic nitrogens is 2. The molecule has 0 spiro atoms. The van der Waals surface area contributed by atoms with Crippen LogP contribution < -0.4 is 14.4 Å². The first kappa shape index (κ1) is 18.9. The number of benzene rings is 1. The number of anilines is 1. The van der Waals surface area contributed by atoms with Gasteiger partial charge in [-0.1, -0.05) is 0 Å². The number of piperidine rings is 1. The maximum absolute atomic E-state index is 11.1. The maximum Gasteiger partial charge on any atom is 0.325 e. The molecule has 0 atom stereocenters. The van der Waals surface area contributed by atoms with Gasteiger partial charge in [0.05, 0.1) is 25.8 Å². The summed E-state index contributed by atoms with van der Waals surface area (Å²) >= 11 is 0. The summed E-state index contributed by atoms with van der Waals surface area (Å²) in [4.78, 5) is 29.1. The molecule has 3 rings (SSSR count). The van der Waals surface area contributed by atoms with Gasteiger partial charge in [0.25, 0.3) is 0 Å². The van der Waals surface area contributed by atoms with Gasteiger partial charge in [-0.3, -0.25) is 4.57 Å². The molecule has 0 radical (unpaired) electrons. The highest BCUT2D eigenvalue weighted by Crippen LogP contribution is 2.40. The zero-order valence-electron chi connectivity index (χ0n) is 15.0. The third-order valence-corrected chi connectivity index (χ3v) is 5.72. The van der Waals surface area contributed by atoms with Crippen molar-refractivity contribution in [1.82, 2.24) is 9.97 Å². The van der Waals surface area contributed by atoms with Gasteiger partial charge in [0.1, 0.15) is 29.2 Å². The fourth-order valence-electron chi connectivity index (χ4n) is 3.46. The van der Waals surface area contributed by atoms with Crippen molar-refractivity contribution in [3.05, 3.63) is 18.5 Å². The molecule has 142 valence electrons. The highest BCUT2D eigenvalue weighted by Gasteiger charge is 2.25. The molecular formula is C17H24N3O5P. The summed E-state index contributed by atoms with van der Waals surface area (Å²) in [7, 11) is -0.699. The zero-order chi connectivity index (χ0) is 18.7. The van der Waals surface area contributed by atoms with Gasteiger partial charge in [-0.25, -0.2) is 9.97 Å². The molecule has 0 unspecified atom stereocenters. The average molecular weight is 381 g/mol. The van der Waals surface area contributed by atoms with Crippen molar-refractivity contribution in [3.63, 3.8) is 0 Å². The fraction of sp³-hybridized carbons (Fsp3) is 0.529. The first-order valence-electron chi connectivity index (χ1n) is 8.58. The van der Waals surface area contributed by atoms with Crippen LogP contribution >= 0.6 is 7.60 Å². The molecule has 9 heteroatoms. The largest absolute Gasteiger partial charge is 0.496 e. The Kier molecular flexibility index (Phi) is 5.65. The van der Waals surface area contributed by atoms with Gasteiger partial charge in [0.15, 0.2) is 0 Å². The van der Waals surface area contributed by atoms with E-state index in [1.807, 2.05) is 12.1 Å². The molecule has 0 bridgehead atoms. The van der Waals surface area contributed by atoms with E-state index in [1.165, 1.54) is 6.33 Å². The van der Waals surface area contributed by atoms with E-state index in [0.29, 0.717) is 29.4 Å². The number of hydrogen-bond acceptors (Lipinski definition) is 6. The van der Waals surface area contributed by atoms with Crippen LogP contribution in [-0.4, -0.2) is 53.2 Å². The Bertz CT molecular complexity index is 817. The van der Waals surface area contributed by atoms with E-state index in [0.717, 1.165) is 37.1 Å². The topological polar surface area (TPSA) is 105 Å². The van der Waals surface area contributed by atoms with Crippen molar-refractivity contribution < 1.29 is 23.8 Å². The van der Waals surface area contributed by atoms with Crippen molar-refractivity contribution in [1.29, 1.82) is 0 Å². The summed E-state index contributed by atoms with van der Waals surface area (Å²) < 4.78 is 22.0. The van der Waals surface area contributed by atoms with Crippen molar-refractivity contribution in [2.24, 2.45) is 5.92 Å². The minimum atomic E-state index is -3.92. The number of fused-ring (bicyclic) bond motifs is 1. The van der Waals surface area contributed by atoms with Crippen LogP contribution in [0.3, 0.4) is 0 Å². The summed E-state index contributed by atoms with van der Waals surface area (Å²) in [6.07, 6.45) is 3.79. The van der Waals surface area contributed by atoms with E-state index in [4.69, 9.17) is 19.3 Å². The summed E-state index contributed by atoms with van der Waals surface area (Å²) in [6, 6.07) is 3.67. The fourth-order valence-corrected chi connectivity index (χ4v) is 4.16. The van der Waals surface area contributed by atoms with Crippen LogP contribution in [0.1, 0.15) is 19.3 Å². The summed E-state index contributed by atoms with van der Waals surface area (Å²) in [5.74, 6) is 2.49. The van der Waals surface area contributed by atoms with Crippen LogP contribution in [0, 0.1) is 5.92 Å². The molecule has 1 aliphatic heterocycles. The van der Waals surface area contributed by atoms with Gasteiger partial charge in [0, 0.05) is 13.1 Å². The number of rotatable bonds is 6. The van der Waals surface area contributed by atoms with Crippen LogP contribution in [-0.2, 0) is 4.57 Å². The van der Waals surface area contributed by atoms with Gasteiger partial charge in [-0.15, -0.1) is 0 Å². The predicted octanol–water partition coefficient (Wildman–Crippen LogP) is 2.43. The van der Waals surface area contributed by atoms with Gasteiger partial charge in [0.2, 0.25) is 0 Å². The van der Waals surface area contributed by atoms with Gasteiger partial charge in [-0.2, -0.15) is 0 Å². The molecule has 0 saturated carbocycles. The second kappa shape index (κ2) is 7.78. The van der Waals surface area contributed by atoms with Crippen molar-refractivity contribution in [2.45, 2.75) is 19.3 Å². The molecule has 2 heterocycles. The maximum atomic E-state index is 11.1. The molecule has 1 aliphatic rings. The standard InChI is InChI=1S/C17H24N3O5P/c1-24-13-3-4-14(25-2)16-15(13)17(19-11-18-16)20-8-5-12(6-9-20)7-10-26(21,22)23/h3-4,11-12H,5-10H2,1-2H3,(H2,21,22,23). The lowest BCUT2D eigenvalue weighted by atomic mass is 9.94. The molecule has 2 aromatic rings. The number of ether oxygens (including phenoxy) is 2. The molecule has 1 aromatic carbocycles. The third kappa shape index (κ3) is 4.09. The quantitative estimate of drug-likeness (QED) is 0.735.